The fourth-order valence-electron chi connectivity index (χ4n) is 1.84. The molecule has 3 N–H and O–H groups in total. The summed E-state index contributed by atoms with van der Waals surface area (Å²) in [5.74, 6) is -0.393. The number of aryl methyl sites for hydroxylation is 1. The van der Waals surface area contributed by atoms with Gasteiger partial charge in [0.25, 0.3) is 0 Å². The number of aromatic nitrogens is 1. The molecule has 0 fully saturated rings. The van der Waals surface area contributed by atoms with Crippen LogP contribution in [0.2, 0.25) is 0 Å². The largest absolute Gasteiger partial charge is 0.366 e. The first-order chi connectivity index (χ1) is 9.08. The van der Waals surface area contributed by atoms with Crippen LogP contribution in [0.25, 0.3) is 0 Å². The highest BCUT2D eigenvalue weighted by atomic mass is 32.1. The second-order valence-electron chi connectivity index (χ2n) is 4.43. The molecule has 1 atom stereocenters. The summed E-state index contributed by atoms with van der Waals surface area (Å²) in [5.41, 5.74) is 6.84. The first-order valence-electron chi connectivity index (χ1n) is 6.11. The third kappa shape index (κ3) is 3.39. The number of amides is 1. The zero-order valence-corrected chi connectivity index (χ0v) is 11.8. The zero-order chi connectivity index (χ0) is 13.8. The number of nitrogens with one attached hydrogen (secondary N) is 1. The molecule has 0 saturated carbocycles. The third-order valence-corrected chi connectivity index (χ3v) is 3.99. The lowest BCUT2D eigenvalue weighted by Crippen LogP contribution is -2.21. The monoisotopic (exact) mass is 275 g/mol. The molecule has 0 aliphatic carbocycles. The normalized spacial score (nSPS) is 12.3. The average Bonchev–Trinajstić information content (AvgIpc) is 2.83. The van der Waals surface area contributed by atoms with Crippen molar-refractivity contribution in [2.75, 3.05) is 0 Å². The highest BCUT2D eigenvalue weighted by molar-refractivity contribution is 7.11. The Morgan fingerprint density at radius 1 is 1.47 bits per heavy atom. The number of primary amides is 1. The van der Waals surface area contributed by atoms with E-state index < -0.39 is 5.91 Å². The maximum Gasteiger partial charge on any atom is 0.249 e. The van der Waals surface area contributed by atoms with Gasteiger partial charge in [0.1, 0.15) is 5.01 Å². The topological polar surface area (TPSA) is 68.0 Å². The van der Waals surface area contributed by atoms with Crippen molar-refractivity contribution < 1.29 is 4.79 Å². The standard InChI is InChI=1S/C14H17N3OS/c1-9-7-17-14(19-9)10(2)16-8-11-5-3-4-6-12(11)13(15)18/h3-7,10,16H,8H2,1-2H3,(H2,15,18). The van der Waals surface area contributed by atoms with E-state index in [-0.39, 0.29) is 6.04 Å². The zero-order valence-electron chi connectivity index (χ0n) is 11.0. The molecule has 0 radical (unpaired) electrons. The van der Waals surface area contributed by atoms with Crippen LogP contribution in [0.15, 0.2) is 30.5 Å². The van der Waals surface area contributed by atoms with Crippen LogP contribution in [0.1, 0.15) is 38.8 Å². The van der Waals surface area contributed by atoms with Crippen molar-refractivity contribution in [3.63, 3.8) is 0 Å². The highest BCUT2D eigenvalue weighted by Crippen LogP contribution is 2.19. The predicted molar refractivity (Wildman–Crippen MR) is 77.1 cm³/mol. The lowest BCUT2D eigenvalue weighted by Gasteiger charge is -2.12. The van der Waals surface area contributed by atoms with Crippen molar-refractivity contribution >= 4 is 17.2 Å². The first kappa shape index (κ1) is 13.7. The first-order valence-corrected chi connectivity index (χ1v) is 6.93. The Morgan fingerprint density at radius 3 is 2.84 bits per heavy atom. The molecule has 1 heterocycles. The minimum Gasteiger partial charge on any atom is -0.366 e. The van der Waals surface area contributed by atoms with Gasteiger partial charge < -0.3 is 11.1 Å². The van der Waals surface area contributed by atoms with E-state index in [0.717, 1.165) is 10.6 Å². The smallest absolute Gasteiger partial charge is 0.249 e. The second kappa shape index (κ2) is 5.95. The molecule has 0 saturated heterocycles. The number of benzene rings is 1. The van der Waals surface area contributed by atoms with E-state index in [2.05, 4.69) is 17.2 Å². The molecule has 100 valence electrons. The van der Waals surface area contributed by atoms with E-state index >= 15 is 0 Å². The maximum absolute atomic E-state index is 11.3. The Bertz CT molecular complexity index is 580. The molecule has 19 heavy (non-hydrogen) atoms. The van der Waals surface area contributed by atoms with Gasteiger partial charge in [-0.3, -0.25) is 4.79 Å². The van der Waals surface area contributed by atoms with E-state index in [4.69, 9.17) is 5.73 Å². The molecule has 2 rings (SSSR count). The van der Waals surface area contributed by atoms with E-state index in [1.165, 1.54) is 4.88 Å². The van der Waals surface area contributed by atoms with Gasteiger partial charge in [0.2, 0.25) is 5.91 Å². The Labute approximate surface area is 116 Å². The number of hydrogen-bond acceptors (Lipinski definition) is 4. The van der Waals surface area contributed by atoms with Gasteiger partial charge in [-0.05, 0) is 25.5 Å². The van der Waals surface area contributed by atoms with Gasteiger partial charge in [-0.1, -0.05) is 18.2 Å². The average molecular weight is 275 g/mol. The summed E-state index contributed by atoms with van der Waals surface area (Å²) in [6.07, 6.45) is 1.87. The number of nitrogens with two attached hydrogens (primary N) is 1. The highest BCUT2D eigenvalue weighted by Gasteiger charge is 2.11. The van der Waals surface area contributed by atoms with Crippen LogP contribution in [-0.2, 0) is 6.54 Å². The molecule has 0 aliphatic heterocycles. The summed E-state index contributed by atoms with van der Waals surface area (Å²) in [4.78, 5) is 16.9. The SMILES string of the molecule is Cc1cnc(C(C)NCc2ccccc2C(N)=O)s1. The van der Waals surface area contributed by atoms with Gasteiger partial charge in [0, 0.05) is 23.2 Å². The molecular formula is C14H17N3OS. The number of carbonyl (C=O) groups is 1. The summed E-state index contributed by atoms with van der Waals surface area (Å²) in [7, 11) is 0. The predicted octanol–water partition coefficient (Wildman–Crippen LogP) is 2.40. The summed E-state index contributed by atoms with van der Waals surface area (Å²) in [5, 5.41) is 4.41. The molecule has 1 unspecified atom stereocenters. The second-order valence-corrected chi connectivity index (χ2v) is 5.70. The van der Waals surface area contributed by atoms with Crippen LogP contribution in [0.4, 0.5) is 0 Å². The van der Waals surface area contributed by atoms with Crippen LogP contribution in [0, 0.1) is 6.92 Å². The Balaban J connectivity index is 2.05. The molecule has 1 aromatic heterocycles. The van der Waals surface area contributed by atoms with Gasteiger partial charge in [-0.2, -0.15) is 0 Å². The number of hydrogen-bond donors (Lipinski definition) is 2. The Kier molecular flexibility index (Phi) is 4.29. The maximum atomic E-state index is 11.3. The number of thiazole rings is 1. The molecule has 0 spiro atoms. The van der Waals surface area contributed by atoms with E-state index in [0.29, 0.717) is 12.1 Å². The minimum absolute atomic E-state index is 0.152. The van der Waals surface area contributed by atoms with Crippen molar-refractivity contribution in [1.29, 1.82) is 0 Å². The fraction of sp³-hybridized carbons (Fsp3) is 0.286. The molecule has 5 heteroatoms. The number of nitrogens with zero attached hydrogens (tertiary/aromatic N) is 1. The minimum atomic E-state index is -0.393. The third-order valence-electron chi connectivity index (χ3n) is 2.89. The summed E-state index contributed by atoms with van der Waals surface area (Å²) in [6, 6.07) is 7.53. The van der Waals surface area contributed by atoms with Crippen LogP contribution < -0.4 is 11.1 Å². The van der Waals surface area contributed by atoms with Gasteiger partial charge in [-0.25, -0.2) is 4.98 Å². The number of carbonyl (C=O) groups excluding carboxylic acids is 1. The molecular weight excluding hydrogens is 258 g/mol. The van der Waals surface area contributed by atoms with E-state index in [1.807, 2.05) is 31.3 Å². The van der Waals surface area contributed by atoms with Gasteiger partial charge in [0.15, 0.2) is 0 Å². The van der Waals surface area contributed by atoms with Crippen molar-refractivity contribution in [3.05, 3.63) is 51.5 Å². The van der Waals surface area contributed by atoms with Gasteiger partial charge >= 0.3 is 0 Å². The van der Waals surface area contributed by atoms with Crippen LogP contribution >= 0.6 is 11.3 Å². The summed E-state index contributed by atoms with van der Waals surface area (Å²) >= 11 is 1.68. The van der Waals surface area contributed by atoms with E-state index in [1.54, 1.807) is 17.4 Å². The van der Waals surface area contributed by atoms with Crippen molar-refractivity contribution in [2.24, 2.45) is 5.73 Å². The Hall–Kier alpha value is -1.72. The van der Waals surface area contributed by atoms with Crippen LogP contribution in [0.5, 0.6) is 0 Å². The molecule has 0 aliphatic rings. The lowest BCUT2D eigenvalue weighted by atomic mass is 10.1. The van der Waals surface area contributed by atoms with Gasteiger partial charge in [0.05, 0.1) is 6.04 Å². The summed E-state index contributed by atoms with van der Waals surface area (Å²) < 4.78 is 0. The van der Waals surface area contributed by atoms with Gasteiger partial charge in [-0.15, -0.1) is 11.3 Å². The molecule has 0 bridgehead atoms. The molecule has 1 amide bonds. The quantitative estimate of drug-likeness (QED) is 0.880. The van der Waals surface area contributed by atoms with Crippen molar-refractivity contribution in [1.82, 2.24) is 10.3 Å². The molecule has 1 aromatic carbocycles. The van der Waals surface area contributed by atoms with Crippen molar-refractivity contribution in [2.45, 2.75) is 26.4 Å². The summed E-state index contributed by atoms with van der Waals surface area (Å²) in [6.45, 7) is 4.69. The molecule has 2 aromatic rings. The van der Waals surface area contributed by atoms with E-state index in [9.17, 15) is 4.79 Å². The fourth-order valence-corrected chi connectivity index (χ4v) is 2.64. The lowest BCUT2D eigenvalue weighted by molar-refractivity contribution is 0.0999. The molecule has 4 nitrogen and oxygen atoms in total. The number of rotatable bonds is 5. The van der Waals surface area contributed by atoms with Crippen LogP contribution in [0.3, 0.4) is 0 Å². The Morgan fingerprint density at radius 2 is 2.21 bits per heavy atom. The van der Waals surface area contributed by atoms with Crippen molar-refractivity contribution in [3.8, 4) is 0 Å². The van der Waals surface area contributed by atoms with Crippen LogP contribution in [-0.4, -0.2) is 10.9 Å².